The van der Waals surface area contributed by atoms with Crippen LogP contribution in [0.5, 0.6) is 11.5 Å². The van der Waals surface area contributed by atoms with Crippen LogP contribution in [0.2, 0.25) is 0 Å². The number of aliphatic carboxylic acids is 1. The van der Waals surface area contributed by atoms with E-state index in [9.17, 15) is 9.90 Å². The lowest BCUT2D eigenvalue weighted by Crippen LogP contribution is -2.40. The molecule has 1 aromatic carbocycles. The van der Waals surface area contributed by atoms with Gasteiger partial charge in [0, 0.05) is 16.6 Å². The lowest BCUT2D eigenvalue weighted by molar-refractivity contribution is -0.140. The molecule has 0 fully saturated rings. The van der Waals surface area contributed by atoms with Crippen molar-refractivity contribution in [2.24, 2.45) is 5.92 Å². The van der Waals surface area contributed by atoms with E-state index in [0.29, 0.717) is 24.7 Å². The molecule has 6 heteroatoms. The Hall–Kier alpha value is -1.27. The van der Waals surface area contributed by atoms with Crippen LogP contribution < -0.4 is 14.8 Å². The first-order valence-electron chi connectivity index (χ1n) is 7.36. The Morgan fingerprint density at radius 2 is 2.09 bits per heavy atom. The number of hydrogen-bond donors (Lipinski definition) is 2. The summed E-state index contributed by atoms with van der Waals surface area (Å²) in [6, 6.07) is 3.09. The number of rotatable bonds is 9. The molecule has 0 aliphatic carbocycles. The van der Waals surface area contributed by atoms with Crippen molar-refractivity contribution in [2.45, 2.75) is 39.8 Å². The number of hydrogen-bond acceptors (Lipinski definition) is 4. The van der Waals surface area contributed by atoms with E-state index in [4.69, 9.17) is 9.47 Å². The van der Waals surface area contributed by atoms with Crippen LogP contribution in [-0.4, -0.2) is 30.8 Å². The minimum Gasteiger partial charge on any atom is -0.493 e. The summed E-state index contributed by atoms with van der Waals surface area (Å²) in [7, 11) is 1.59. The van der Waals surface area contributed by atoms with E-state index >= 15 is 0 Å². The molecule has 1 unspecified atom stereocenters. The van der Waals surface area contributed by atoms with Crippen LogP contribution in [0.25, 0.3) is 0 Å². The quantitative estimate of drug-likeness (QED) is 0.693. The van der Waals surface area contributed by atoms with Crippen LogP contribution in [-0.2, 0) is 11.3 Å². The van der Waals surface area contributed by atoms with Crippen LogP contribution in [0.4, 0.5) is 0 Å². The average molecular weight is 374 g/mol. The van der Waals surface area contributed by atoms with Crippen molar-refractivity contribution < 1.29 is 19.4 Å². The smallest absolute Gasteiger partial charge is 0.320 e. The number of halogens is 1. The lowest BCUT2D eigenvalue weighted by atomic mass is 10.0. The van der Waals surface area contributed by atoms with Gasteiger partial charge in [0.25, 0.3) is 0 Å². The highest BCUT2D eigenvalue weighted by Gasteiger charge is 2.22. The molecule has 124 valence electrons. The van der Waals surface area contributed by atoms with E-state index in [1.807, 2.05) is 32.9 Å². The van der Waals surface area contributed by atoms with Crippen LogP contribution in [0, 0.1) is 5.92 Å². The standard InChI is InChI=1S/C16H24BrNO4/c1-5-8-22-15-11(12(17)6-7-13(15)21-4)9-18-14(10(2)3)16(19)20/h6-7,10,14,18H,5,8-9H2,1-4H3,(H,19,20). The van der Waals surface area contributed by atoms with Gasteiger partial charge in [-0.25, -0.2) is 0 Å². The van der Waals surface area contributed by atoms with E-state index in [1.54, 1.807) is 7.11 Å². The molecule has 0 heterocycles. The third-order valence-electron chi connectivity index (χ3n) is 3.27. The first-order valence-corrected chi connectivity index (χ1v) is 8.16. The molecule has 1 aromatic rings. The molecule has 1 rings (SSSR count). The molecule has 5 nitrogen and oxygen atoms in total. The van der Waals surface area contributed by atoms with Gasteiger partial charge >= 0.3 is 5.97 Å². The number of nitrogens with one attached hydrogen (secondary N) is 1. The molecule has 0 saturated heterocycles. The van der Waals surface area contributed by atoms with E-state index in [0.717, 1.165) is 16.5 Å². The maximum atomic E-state index is 11.3. The Labute approximate surface area is 140 Å². The summed E-state index contributed by atoms with van der Waals surface area (Å²) in [6.07, 6.45) is 0.881. The van der Waals surface area contributed by atoms with Crippen molar-refractivity contribution in [3.8, 4) is 11.5 Å². The summed E-state index contributed by atoms with van der Waals surface area (Å²) in [6.45, 7) is 6.74. The molecule has 0 saturated carbocycles. The van der Waals surface area contributed by atoms with Gasteiger partial charge in [-0.1, -0.05) is 36.7 Å². The molecule has 0 aliphatic heterocycles. The van der Waals surface area contributed by atoms with Crippen molar-refractivity contribution in [3.05, 3.63) is 22.2 Å². The molecular formula is C16H24BrNO4. The molecule has 0 bridgehead atoms. The molecule has 0 radical (unpaired) electrons. The lowest BCUT2D eigenvalue weighted by Gasteiger charge is -2.21. The third kappa shape index (κ3) is 4.88. The Balaban J connectivity index is 3.03. The number of methoxy groups -OCH3 is 1. The van der Waals surface area contributed by atoms with E-state index in [1.165, 1.54) is 0 Å². The minimum absolute atomic E-state index is 0.0121. The SMILES string of the molecule is CCCOc1c(OC)ccc(Br)c1CNC(C(=O)O)C(C)C. The van der Waals surface area contributed by atoms with Gasteiger partial charge in [0.1, 0.15) is 6.04 Å². The maximum absolute atomic E-state index is 11.3. The topological polar surface area (TPSA) is 67.8 Å². The van der Waals surface area contributed by atoms with E-state index in [2.05, 4.69) is 21.2 Å². The number of ether oxygens (including phenoxy) is 2. The predicted molar refractivity (Wildman–Crippen MR) is 89.6 cm³/mol. The molecule has 22 heavy (non-hydrogen) atoms. The number of carboxylic acid groups (broad SMARTS) is 1. The van der Waals surface area contributed by atoms with Gasteiger partial charge < -0.3 is 14.6 Å². The third-order valence-corrected chi connectivity index (χ3v) is 4.01. The summed E-state index contributed by atoms with van der Waals surface area (Å²) in [4.78, 5) is 11.3. The number of benzene rings is 1. The normalized spacial score (nSPS) is 12.3. The molecule has 1 atom stereocenters. The zero-order chi connectivity index (χ0) is 16.7. The van der Waals surface area contributed by atoms with Crippen LogP contribution in [0.3, 0.4) is 0 Å². The van der Waals surface area contributed by atoms with E-state index in [-0.39, 0.29) is 5.92 Å². The summed E-state index contributed by atoms with van der Waals surface area (Å²) in [5.41, 5.74) is 0.861. The largest absolute Gasteiger partial charge is 0.493 e. The highest BCUT2D eigenvalue weighted by atomic mass is 79.9. The molecule has 0 amide bonds. The minimum atomic E-state index is -0.856. The van der Waals surface area contributed by atoms with Crippen molar-refractivity contribution in [1.29, 1.82) is 0 Å². The summed E-state index contributed by atoms with van der Waals surface area (Å²) in [5.74, 6) is 0.427. The average Bonchev–Trinajstić information content (AvgIpc) is 2.46. The van der Waals surface area contributed by atoms with Gasteiger partial charge in [-0.2, -0.15) is 0 Å². The molecule has 0 aromatic heterocycles. The zero-order valence-corrected chi connectivity index (χ0v) is 15.1. The second-order valence-corrected chi connectivity index (χ2v) is 6.20. The number of carbonyl (C=O) groups is 1. The second-order valence-electron chi connectivity index (χ2n) is 5.35. The summed E-state index contributed by atoms with van der Waals surface area (Å²) in [5, 5.41) is 12.4. The highest BCUT2D eigenvalue weighted by Crippen LogP contribution is 2.36. The Morgan fingerprint density at radius 1 is 1.41 bits per heavy atom. The molecular weight excluding hydrogens is 350 g/mol. The predicted octanol–water partition coefficient (Wildman–Crippen LogP) is 3.45. The van der Waals surface area contributed by atoms with Crippen molar-refractivity contribution >= 4 is 21.9 Å². The molecule has 0 spiro atoms. The summed E-state index contributed by atoms with van der Waals surface area (Å²) >= 11 is 3.50. The van der Waals surface area contributed by atoms with Gasteiger partial charge in [0.15, 0.2) is 11.5 Å². The molecule has 2 N–H and O–H groups in total. The fourth-order valence-corrected chi connectivity index (χ4v) is 2.54. The van der Waals surface area contributed by atoms with Gasteiger partial charge in [-0.15, -0.1) is 0 Å². The van der Waals surface area contributed by atoms with Crippen LogP contribution in [0.15, 0.2) is 16.6 Å². The van der Waals surface area contributed by atoms with E-state index < -0.39 is 12.0 Å². The first kappa shape index (κ1) is 18.8. The van der Waals surface area contributed by atoms with Gasteiger partial charge in [0.2, 0.25) is 0 Å². The number of carboxylic acids is 1. The van der Waals surface area contributed by atoms with Crippen LogP contribution in [0.1, 0.15) is 32.8 Å². The van der Waals surface area contributed by atoms with Crippen molar-refractivity contribution in [1.82, 2.24) is 5.32 Å². The Morgan fingerprint density at radius 3 is 2.59 bits per heavy atom. The van der Waals surface area contributed by atoms with Crippen molar-refractivity contribution in [2.75, 3.05) is 13.7 Å². The summed E-state index contributed by atoms with van der Waals surface area (Å²) < 4.78 is 12.0. The first-order chi connectivity index (χ1) is 10.4. The highest BCUT2D eigenvalue weighted by molar-refractivity contribution is 9.10. The monoisotopic (exact) mass is 373 g/mol. The van der Waals surface area contributed by atoms with Crippen LogP contribution >= 0.6 is 15.9 Å². The zero-order valence-electron chi connectivity index (χ0n) is 13.5. The Bertz CT molecular complexity index is 505. The van der Waals surface area contributed by atoms with Gasteiger partial charge in [-0.3, -0.25) is 10.1 Å². The maximum Gasteiger partial charge on any atom is 0.320 e. The van der Waals surface area contributed by atoms with Gasteiger partial charge in [-0.05, 0) is 24.5 Å². The second kappa shape index (κ2) is 9.00. The van der Waals surface area contributed by atoms with Crippen molar-refractivity contribution in [3.63, 3.8) is 0 Å². The molecule has 0 aliphatic rings. The fourth-order valence-electron chi connectivity index (χ4n) is 2.09. The fraction of sp³-hybridized carbons (Fsp3) is 0.562. The van der Waals surface area contributed by atoms with Gasteiger partial charge in [0.05, 0.1) is 13.7 Å². The Kier molecular flexibility index (Phi) is 7.68.